The zero-order valence-electron chi connectivity index (χ0n) is 15.2. The van der Waals surface area contributed by atoms with E-state index in [0.717, 1.165) is 15.8 Å². The van der Waals surface area contributed by atoms with Crippen LogP contribution in [0.15, 0.2) is 36.4 Å². The number of fused-ring (bicyclic) bond motifs is 1. The Morgan fingerprint density at radius 1 is 1.11 bits per heavy atom. The number of aromatic nitrogens is 1. The molecule has 0 aliphatic heterocycles. The summed E-state index contributed by atoms with van der Waals surface area (Å²) in [6, 6.07) is 11.3. The van der Waals surface area contributed by atoms with Gasteiger partial charge in [0.05, 0.1) is 38.0 Å². The minimum absolute atomic E-state index is 0.142. The van der Waals surface area contributed by atoms with Crippen molar-refractivity contribution in [3.8, 4) is 17.2 Å². The first-order valence-electron chi connectivity index (χ1n) is 8.14. The van der Waals surface area contributed by atoms with E-state index in [1.165, 1.54) is 32.7 Å². The zero-order chi connectivity index (χ0) is 19.4. The quantitative estimate of drug-likeness (QED) is 0.652. The average molecular weight is 385 g/mol. The summed E-state index contributed by atoms with van der Waals surface area (Å²) >= 11 is 1.46. The summed E-state index contributed by atoms with van der Waals surface area (Å²) in [5.41, 5.74) is 2.19. The van der Waals surface area contributed by atoms with Gasteiger partial charge in [-0.2, -0.15) is 0 Å². The Kier molecular flexibility index (Phi) is 5.61. The Labute approximate surface area is 160 Å². The largest absolute Gasteiger partial charge is 0.493 e. The van der Waals surface area contributed by atoms with E-state index < -0.39 is 5.97 Å². The summed E-state index contributed by atoms with van der Waals surface area (Å²) in [6.07, 6.45) is 1.65. The van der Waals surface area contributed by atoms with E-state index in [4.69, 9.17) is 14.2 Å². The third-order valence-corrected chi connectivity index (χ3v) is 5.05. The SMILES string of the molecule is COc1cc(C=C(CC(=O)O)c2nc3ccccc3s2)cc(OC)c1OC. The lowest BCUT2D eigenvalue weighted by molar-refractivity contribution is -0.135. The van der Waals surface area contributed by atoms with Gasteiger partial charge in [0.1, 0.15) is 5.01 Å². The fourth-order valence-electron chi connectivity index (χ4n) is 2.75. The molecule has 2 aromatic carbocycles. The van der Waals surface area contributed by atoms with Crippen molar-refractivity contribution >= 4 is 39.2 Å². The van der Waals surface area contributed by atoms with Gasteiger partial charge in [-0.25, -0.2) is 4.98 Å². The molecule has 0 saturated carbocycles. The van der Waals surface area contributed by atoms with Gasteiger partial charge in [-0.3, -0.25) is 4.79 Å². The van der Waals surface area contributed by atoms with Gasteiger partial charge in [0, 0.05) is 0 Å². The summed E-state index contributed by atoms with van der Waals surface area (Å²) in [4.78, 5) is 16.0. The first-order chi connectivity index (χ1) is 13.0. The molecule has 1 aromatic heterocycles. The van der Waals surface area contributed by atoms with E-state index in [2.05, 4.69) is 4.98 Å². The fraction of sp³-hybridized carbons (Fsp3) is 0.200. The lowest BCUT2D eigenvalue weighted by Gasteiger charge is -2.13. The second-order valence-electron chi connectivity index (χ2n) is 5.69. The lowest BCUT2D eigenvalue weighted by Crippen LogP contribution is -1.98. The molecule has 27 heavy (non-hydrogen) atoms. The number of hydrogen-bond acceptors (Lipinski definition) is 6. The molecular weight excluding hydrogens is 366 g/mol. The maximum absolute atomic E-state index is 11.4. The van der Waals surface area contributed by atoms with Gasteiger partial charge in [-0.05, 0) is 41.5 Å². The van der Waals surface area contributed by atoms with Crippen molar-refractivity contribution in [3.63, 3.8) is 0 Å². The van der Waals surface area contributed by atoms with Crippen LogP contribution in [-0.4, -0.2) is 37.4 Å². The van der Waals surface area contributed by atoms with E-state index in [9.17, 15) is 9.90 Å². The van der Waals surface area contributed by atoms with E-state index in [1.54, 1.807) is 18.2 Å². The average Bonchev–Trinajstić information content (AvgIpc) is 3.10. The number of carboxylic acids is 1. The Hall–Kier alpha value is -3.06. The second-order valence-corrected chi connectivity index (χ2v) is 6.72. The summed E-state index contributed by atoms with van der Waals surface area (Å²) in [5.74, 6) is 0.564. The first-order valence-corrected chi connectivity index (χ1v) is 8.95. The van der Waals surface area contributed by atoms with Crippen molar-refractivity contribution in [1.29, 1.82) is 0 Å². The number of methoxy groups -OCH3 is 3. The third-order valence-electron chi connectivity index (χ3n) is 3.94. The van der Waals surface area contributed by atoms with Gasteiger partial charge in [-0.15, -0.1) is 11.3 Å². The van der Waals surface area contributed by atoms with Crippen LogP contribution in [0.4, 0.5) is 0 Å². The molecule has 0 spiro atoms. The van der Waals surface area contributed by atoms with Crippen molar-refractivity contribution in [2.75, 3.05) is 21.3 Å². The van der Waals surface area contributed by atoms with Crippen LogP contribution < -0.4 is 14.2 Å². The predicted octanol–water partition coefficient (Wildman–Crippen LogP) is 4.34. The lowest BCUT2D eigenvalue weighted by atomic mass is 10.1. The molecular formula is C20H19NO5S. The Bertz CT molecular complexity index is 951. The van der Waals surface area contributed by atoms with Gasteiger partial charge in [0.2, 0.25) is 5.75 Å². The van der Waals surface area contributed by atoms with Gasteiger partial charge in [0.25, 0.3) is 0 Å². The predicted molar refractivity (Wildman–Crippen MR) is 106 cm³/mol. The Morgan fingerprint density at radius 3 is 2.33 bits per heavy atom. The molecule has 7 heteroatoms. The van der Waals surface area contributed by atoms with Crippen molar-refractivity contribution in [2.45, 2.75) is 6.42 Å². The number of benzene rings is 2. The summed E-state index contributed by atoms with van der Waals surface area (Å²) in [6.45, 7) is 0. The number of rotatable bonds is 7. The number of aliphatic carboxylic acids is 1. The molecule has 0 aliphatic carbocycles. The first kappa shape index (κ1) is 18.7. The smallest absolute Gasteiger partial charge is 0.307 e. The molecule has 0 radical (unpaired) electrons. The standard InChI is InChI=1S/C20H19NO5S/c1-24-15-9-12(10-16(25-2)19(15)26-3)8-13(11-18(22)23)20-21-14-6-4-5-7-17(14)27-20/h4-10H,11H2,1-3H3,(H,22,23). The number of ether oxygens (including phenoxy) is 3. The van der Waals surface area contributed by atoms with Crippen molar-refractivity contribution in [3.05, 3.63) is 47.0 Å². The van der Waals surface area contributed by atoms with Gasteiger partial charge < -0.3 is 19.3 Å². The molecule has 1 heterocycles. The second kappa shape index (κ2) is 8.09. The van der Waals surface area contributed by atoms with Gasteiger partial charge in [-0.1, -0.05) is 12.1 Å². The molecule has 0 atom stereocenters. The molecule has 0 saturated heterocycles. The molecule has 6 nitrogen and oxygen atoms in total. The minimum atomic E-state index is -0.923. The normalized spacial score (nSPS) is 11.4. The van der Waals surface area contributed by atoms with Gasteiger partial charge in [0.15, 0.2) is 11.5 Å². The number of thiazole rings is 1. The molecule has 3 aromatic rings. The van der Waals surface area contributed by atoms with E-state index >= 15 is 0 Å². The van der Waals surface area contributed by atoms with Crippen molar-refractivity contribution < 1.29 is 24.1 Å². The minimum Gasteiger partial charge on any atom is -0.493 e. The molecule has 1 N–H and O–H groups in total. The maximum atomic E-state index is 11.4. The summed E-state index contributed by atoms with van der Waals surface area (Å²) in [5, 5.41) is 10.0. The molecule has 3 rings (SSSR count). The highest BCUT2D eigenvalue weighted by molar-refractivity contribution is 7.19. The van der Waals surface area contributed by atoms with Crippen LogP contribution in [0.3, 0.4) is 0 Å². The van der Waals surface area contributed by atoms with Crippen LogP contribution >= 0.6 is 11.3 Å². The highest BCUT2D eigenvalue weighted by Crippen LogP contribution is 2.39. The summed E-state index contributed by atoms with van der Waals surface area (Å²) in [7, 11) is 4.61. The highest BCUT2D eigenvalue weighted by Gasteiger charge is 2.16. The van der Waals surface area contributed by atoms with Crippen LogP contribution in [0.25, 0.3) is 21.9 Å². The molecule has 0 fully saturated rings. The molecule has 0 aliphatic rings. The monoisotopic (exact) mass is 385 g/mol. The van der Waals surface area contributed by atoms with Crippen LogP contribution in [0.2, 0.25) is 0 Å². The van der Waals surface area contributed by atoms with E-state index in [1.807, 2.05) is 24.3 Å². The molecule has 0 unspecified atom stereocenters. The van der Waals surface area contributed by atoms with Crippen LogP contribution in [0.1, 0.15) is 17.0 Å². The van der Waals surface area contributed by atoms with Crippen LogP contribution in [0, 0.1) is 0 Å². The Balaban J connectivity index is 2.12. The topological polar surface area (TPSA) is 77.9 Å². The zero-order valence-corrected chi connectivity index (χ0v) is 16.0. The molecule has 140 valence electrons. The number of nitrogens with zero attached hydrogens (tertiary/aromatic N) is 1. The molecule has 0 bridgehead atoms. The van der Waals surface area contributed by atoms with Crippen molar-refractivity contribution in [1.82, 2.24) is 4.98 Å². The molecule has 0 amide bonds. The third kappa shape index (κ3) is 4.03. The maximum Gasteiger partial charge on any atom is 0.307 e. The summed E-state index contributed by atoms with van der Waals surface area (Å²) < 4.78 is 17.1. The number of carbonyl (C=O) groups is 1. The number of para-hydroxylation sites is 1. The van der Waals surface area contributed by atoms with Gasteiger partial charge >= 0.3 is 5.97 Å². The fourth-order valence-corrected chi connectivity index (χ4v) is 3.73. The highest BCUT2D eigenvalue weighted by atomic mass is 32.1. The number of carboxylic acid groups (broad SMARTS) is 1. The van der Waals surface area contributed by atoms with Crippen LogP contribution in [-0.2, 0) is 4.79 Å². The number of hydrogen-bond donors (Lipinski definition) is 1. The van der Waals surface area contributed by atoms with Crippen LogP contribution in [0.5, 0.6) is 17.2 Å². The van der Waals surface area contributed by atoms with E-state index in [0.29, 0.717) is 27.8 Å². The van der Waals surface area contributed by atoms with E-state index in [-0.39, 0.29) is 6.42 Å². The van der Waals surface area contributed by atoms with Crippen molar-refractivity contribution in [2.24, 2.45) is 0 Å². The Morgan fingerprint density at radius 2 is 1.78 bits per heavy atom.